The second-order valence-corrected chi connectivity index (χ2v) is 11.4. The minimum atomic E-state index is -0.674. The molecule has 0 unspecified atom stereocenters. The van der Waals surface area contributed by atoms with E-state index in [0.717, 1.165) is 16.7 Å². The average molecular weight is 539 g/mol. The topological polar surface area (TPSA) is 58.6 Å². The summed E-state index contributed by atoms with van der Waals surface area (Å²) in [6.45, 7) is 6.13. The minimum absolute atomic E-state index is 0.0974. The van der Waals surface area contributed by atoms with E-state index < -0.39 is 11.6 Å². The fraction of sp³-hybridized carbons (Fsp3) is 0.333. The van der Waals surface area contributed by atoms with Gasteiger partial charge in [-0.1, -0.05) is 66.2 Å². The molecule has 0 heterocycles. The molecule has 0 aromatic heterocycles. The molecule has 5 nitrogen and oxygen atoms in total. The third-order valence-electron chi connectivity index (χ3n) is 5.64. The van der Waals surface area contributed by atoms with Crippen molar-refractivity contribution in [3.05, 3.63) is 101 Å². The van der Waals surface area contributed by atoms with Crippen molar-refractivity contribution in [3.8, 4) is 5.75 Å². The first-order valence-electron chi connectivity index (χ1n) is 12.2. The fourth-order valence-corrected chi connectivity index (χ4v) is 5.01. The van der Waals surface area contributed by atoms with E-state index in [-0.39, 0.29) is 17.6 Å². The Kier molecular flexibility index (Phi) is 10.5. The van der Waals surface area contributed by atoms with Gasteiger partial charge in [-0.15, -0.1) is 11.8 Å². The van der Waals surface area contributed by atoms with E-state index in [1.165, 1.54) is 11.8 Å². The quantitative estimate of drug-likeness (QED) is 0.319. The number of nitrogens with zero attached hydrogens (tertiary/aromatic N) is 1. The van der Waals surface area contributed by atoms with E-state index in [9.17, 15) is 9.59 Å². The number of thioether (sulfide) groups is 1. The molecule has 3 rings (SSSR count). The summed E-state index contributed by atoms with van der Waals surface area (Å²) in [5, 5.41) is 3.76. The van der Waals surface area contributed by atoms with Crippen molar-refractivity contribution in [2.75, 3.05) is 12.9 Å². The Morgan fingerprint density at radius 3 is 2.30 bits per heavy atom. The second kappa shape index (κ2) is 13.5. The highest BCUT2D eigenvalue weighted by Crippen LogP contribution is 2.22. The number of hydrogen-bond acceptors (Lipinski definition) is 4. The maximum atomic E-state index is 13.7. The maximum absolute atomic E-state index is 13.7. The van der Waals surface area contributed by atoms with Crippen molar-refractivity contribution in [2.24, 2.45) is 0 Å². The van der Waals surface area contributed by atoms with Crippen LogP contribution in [-0.4, -0.2) is 41.2 Å². The maximum Gasteiger partial charge on any atom is 0.243 e. The predicted molar refractivity (Wildman–Crippen MR) is 153 cm³/mol. The number of ether oxygens (including phenoxy) is 1. The zero-order valence-corrected chi connectivity index (χ0v) is 23.4. The van der Waals surface area contributed by atoms with Crippen LogP contribution in [0.4, 0.5) is 0 Å². The Hall–Kier alpha value is -2.96. The van der Waals surface area contributed by atoms with Crippen molar-refractivity contribution in [2.45, 2.75) is 51.1 Å². The molecule has 0 saturated carbocycles. The SMILES string of the molecule is COc1cccc(CN(C(=O)CSCc2cccc(Cl)c2)[C@@H](Cc2ccccc2)C(=O)NC(C)(C)C)c1. The van der Waals surface area contributed by atoms with Gasteiger partial charge in [0.2, 0.25) is 11.8 Å². The molecule has 196 valence electrons. The molecule has 0 saturated heterocycles. The highest BCUT2D eigenvalue weighted by molar-refractivity contribution is 7.99. The zero-order chi connectivity index (χ0) is 26.8. The van der Waals surface area contributed by atoms with Gasteiger partial charge in [0.05, 0.1) is 12.9 Å². The Balaban J connectivity index is 1.89. The predicted octanol–water partition coefficient (Wildman–Crippen LogP) is 6.14. The smallest absolute Gasteiger partial charge is 0.243 e. The Bertz CT molecular complexity index is 1180. The van der Waals surface area contributed by atoms with Gasteiger partial charge in [-0.25, -0.2) is 0 Å². The number of halogens is 1. The van der Waals surface area contributed by atoms with E-state index in [2.05, 4.69) is 5.32 Å². The molecule has 1 atom stereocenters. The molecule has 37 heavy (non-hydrogen) atoms. The van der Waals surface area contributed by atoms with E-state index in [1.54, 1.807) is 12.0 Å². The van der Waals surface area contributed by atoms with Gasteiger partial charge in [0.1, 0.15) is 11.8 Å². The fourth-order valence-electron chi connectivity index (χ4n) is 3.94. The van der Waals surface area contributed by atoms with E-state index in [0.29, 0.717) is 29.5 Å². The number of carbonyl (C=O) groups excluding carboxylic acids is 2. The van der Waals surface area contributed by atoms with Crippen LogP contribution in [0.25, 0.3) is 0 Å². The van der Waals surface area contributed by atoms with Crippen molar-refractivity contribution >= 4 is 35.2 Å². The summed E-state index contributed by atoms with van der Waals surface area (Å²) < 4.78 is 5.39. The highest BCUT2D eigenvalue weighted by atomic mass is 35.5. The van der Waals surface area contributed by atoms with Crippen LogP contribution in [0.2, 0.25) is 5.02 Å². The van der Waals surface area contributed by atoms with Gasteiger partial charge < -0.3 is 15.0 Å². The van der Waals surface area contributed by atoms with Gasteiger partial charge in [0.15, 0.2) is 0 Å². The summed E-state index contributed by atoms with van der Waals surface area (Å²) in [7, 11) is 1.61. The van der Waals surface area contributed by atoms with Crippen LogP contribution in [0.1, 0.15) is 37.5 Å². The molecule has 0 fully saturated rings. The van der Waals surface area contributed by atoms with E-state index >= 15 is 0 Å². The lowest BCUT2D eigenvalue weighted by Crippen LogP contribution is -2.54. The number of hydrogen-bond donors (Lipinski definition) is 1. The molecule has 1 N–H and O–H groups in total. The van der Waals surface area contributed by atoms with E-state index in [1.807, 2.05) is 99.6 Å². The number of amides is 2. The molecule has 0 aliphatic carbocycles. The van der Waals surface area contributed by atoms with Crippen LogP contribution in [0.3, 0.4) is 0 Å². The Morgan fingerprint density at radius 2 is 1.62 bits per heavy atom. The normalized spacial score (nSPS) is 12.0. The van der Waals surface area contributed by atoms with Crippen LogP contribution in [0.5, 0.6) is 5.75 Å². The summed E-state index contributed by atoms with van der Waals surface area (Å²) in [5.74, 6) is 1.33. The summed E-state index contributed by atoms with van der Waals surface area (Å²) in [6.07, 6.45) is 0.414. The van der Waals surface area contributed by atoms with Crippen LogP contribution < -0.4 is 10.1 Å². The van der Waals surface area contributed by atoms with Gasteiger partial charge in [-0.3, -0.25) is 9.59 Å². The summed E-state index contributed by atoms with van der Waals surface area (Å²) >= 11 is 7.63. The summed E-state index contributed by atoms with van der Waals surface area (Å²) in [5.41, 5.74) is 2.51. The summed E-state index contributed by atoms with van der Waals surface area (Å²) in [6, 6.07) is 24.4. The molecule has 2 amide bonds. The van der Waals surface area contributed by atoms with Crippen LogP contribution >= 0.6 is 23.4 Å². The Labute approximate surface area is 229 Å². The lowest BCUT2D eigenvalue weighted by Gasteiger charge is -2.34. The zero-order valence-electron chi connectivity index (χ0n) is 21.9. The number of benzene rings is 3. The molecule has 3 aromatic carbocycles. The first kappa shape index (κ1) is 28.6. The first-order valence-corrected chi connectivity index (χ1v) is 13.8. The van der Waals surface area contributed by atoms with Crippen molar-refractivity contribution in [1.82, 2.24) is 10.2 Å². The van der Waals surface area contributed by atoms with Gasteiger partial charge in [-0.05, 0) is 61.7 Å². The Morgan fingerprint density at radius 1 is 0.946 bits per heavy atom. The van der Waals surface area contributed by atoms with Gasteiger partial charge in [-0.2, -0.15) is 0 Å². The lowest BCUT2D eigenvalue weighted by molar-refractivity contribution is -0.140. The molecule has 0 radical (unpaired) electrons. The van der Waals surface area contributed by atoms with Gasteiger partial charge >= 0.3 is 0 Å². The van der Waals surface area contributed by atoms with Crippen molar-refractivity contribution < 1.29 is 14.3 Å². The first-order chi connectivity index (χ1) is 17.6. The van der Waals surface area contributed by atoms with Crippen LogP contribution in [-0.2, 0) is 28.3 Å². The molecular formula is C30H35ClN2O3S. The van der Waals surface area contributed by atoms with Crippen LogP contribution in [0, 0.1) is 0 Å². The standard InChI is InChI=1S/C30H35ClN2O3S/c1-30(2,3)32-29(35)27(18-22-10-6-5-7-11-22)33(19-23-12-9-15-26(17-23)36-4)28(34)21-37-20-24-13-8-14-25(31)16-24/h5-17,27H,18-21H2,1-4H3,(H,32,35)/t27-/m0/s1. The molecule has 0 bridgehead atoms. The van der Waals surface area contributed by atoms with Crippen molar-refractivity contribution in [3.63, 3.8) is 0 Å². The lowest BCUT2D eigenvalue weighted by atomic mass is 10.0. The second-order valence-electron chi connectivity index (χ2n) is 9.94. The molecule has 0 aliphatic heterocycles. The molecular weight excluding hydrogens is 504 g/mol. The largest absolute Gasteiger partial charge is 0.497 e. The third kappa shape index (κ3) is 9.45. The molecule has 0 aliphatic rings. The molecule has 0 spiro atoms. The summed E-state index contributed by atoms with van der Waals surface area (Å²) in [4.78, 5) is 29.0. The number of carbonyl (C=O) groups is 2. The van der Waals surface area contributed by atoms with Crippen LogP contribution in [0.15, 0.2) is 78.9 Å². The minimum Gasteiger partial charge on any atom is -0.497 e. The van der Waals surface area contributed by atoms with Gasteiger partial charge in [0.25, 0.3) is 0 Å². The van der Waals surface area contributed by atoms with Crippen molar-refractivity contribution in [1.29, 1.82) is 0 Å². The number of methoxy groups -OCH3 is 1. The van der Waals surface area contributed by atoms with Gasteiger partial charge in [0, 0.05) is 29.3 Å². The third-order valence-corrected chi connectivity index (χ3v) is 6.86. The molecule has 3 aromatic rings. The average Bonchev–Trinajstić information content (AvgIpc) is 2.86. The highest BCUT2D eigenvalue weighted by Gasteiger charge is 2.32. The molecule has 7 heteroatoms. The van der Waals surface area contributed by atoms with E-state index in [4.69, 9.17) is 16.3 Å². The number of rotatable bonds is 11. The monoisotopic (exact) mass is 538 g/mol. The number of nitrogens with one attached hydrogen (secondary N) is 1.